The second kappa shape index (κ2) is 9.43. The predicted octanol–water partition coefficient (Wildman–Crippen LogP) is 2.68. The van der Waals surface area contributed by atoms with Gasteiger partial charge in [-0.3, -0.25) is 19.2 Å². The lowest BCUT2D eigenvalue weighted by Gasteiger charge is -2.19. The molecule has 1 heterocycles. The fourth-order valence-electron chi connectivity index (χ4n) is 3.40. The molecule has 1 aliphatic carbocycles. The molecule has 0 aliphatic heterocycles. The van der Waals surface area contributed by atoms with Gasteiger partial charge in [-0.15, -0.1) is 0 Å². The number of nitrogens with zero attached hydrogens (tertiary/aromatic N) is 1. The van der Waals surface area contributed by atoms with Crippen molar-refractivity contribution in [2.45, 2.75) is 31.8 Å². The van der Waals surface area contributed by atoms with Crippen molar-refractivity contribution in [2.75, 3.05) is 13.7 Å². The van der Waals surface area contributed by atoms with Gasteiger partial charge in [0, 0.05) is 25.6 Å². The first kappa shape index (κ1) is 25.2. The average molecular weight is 510 g/mol. The molecule has 1 unspecified atom stereocenters. The molecule has 2 aromatic rings. The van der Waals surface area contributed by atoms with Gasteiger partial charge < -0.3 is 14.2 Å². The van der Waals surface area contributed by atoms with Crippen LogP contribution >= 0.6 is 11.6 Å². The zero-order chi connectivity index (χ0) is 25.4. The molecule has 1 aromatic heterocycles. The van der Waals surface area contributed by atoms with Crippen LogP contribution in [-0.2, 0) is 33.8 Å². The highest BCUT2D eigenvalue weighted by atomic mass is 35.5. The van der Waals surface area contributed by atoms with Crippen molar-refractivity contribution < 1.29 is 41.8 Å². The van der Waals surface area contributed by atoms with Gasteiger partial charge in [0.15, 0.2) is 11.9 Å². The van der Waals surface area contributed by atoms with E-state index in [0.717, 1.165) is 32.7 Å². The molecule has 0 spiro atoms. The van der Waals surface area contributed by atoms with Crippen LogP contribution in [0.15, 0.2) is 46.1 Å². The zero-order valence-corrected chi connectivity index (χ0v) is 20.2. The SMILES string of the molecule is COC1=C(Cl)C(=O)c2c(C(COC(C)=O)OC(C)=O)cn(S(=O)(=O)c3ccc(C)cc3)c2C1=O. The molecule has 0 saturated carbocycles. The molecule has 1 aliphatic rings. The molecule has 0 N–H and O–H groups in total. The molecule has 0 amide bonds. The number of hydrogen-bond donors (Lipinski definition) is 0. The summed E-state index contributed by atoms with van der Waals surface area (Å²) in [4.78, 5) is 49.2. The maximum Gasteiger partial charge on any atom is 0.303 e. The summed E-state index contributed by atoms with van der Waals surface area (Å²) in [6.45, 7) is 3.43. The Kier molecular flexibility index (Phi) is 6.99. The van der Waals surface area contributed by atoms with Crippen molar-refractivity contribution in [2.24, 2.45) is 0 Å². The van der Waals surface area contributed by atoms with E-state index in [0.29, 0.717) is 3.97 Å². The van der Waals surface area contributed by atoms with Crippen molar-refractivity contribution in [3.8, 4) is 0 Å². The summed E-state index contributed by atoms with van der Waals surface area (Å²) in [5.74, 6) is -3.92. The van der Waals surface area contributed by atoms with E-state index in [2.05, 4.69) is 0 Å². The number of ketones is 2. The quantitative estimate of drug-likeness (QED) is 0.516. The Bertz CT molecular complexity index is 1340. The standard InChI is InChI=1S/C22H20ClNO9S/c1-11-5-7-14(8-6-11)34(29,30)24-9-15(16(33-13(3)26)10-32-12(2)25)17-19(24)21(28)22(31-4)18(23)20(17)27/h5-9,16H,10H2,1-4H3. The predicted molar refractivity (Wildman–Crippen MR) is 118 cm³/mol. The highest BCUT2D eigenvalue weighted by molar-refractivity contribution is 7.90. The van der Waals surface area contributed by atoms with Crippen LogP contribution in [-0.4, -0.2) is 49.6 Å². The monoisotopic (exact) mass is 509 g/mol. The summed E-state index contributed by atoms with van der Waals surface area (Å²) in [6, 6.07) is 5.81. The number of ether oxygens (including phenoxy) is 3. The van der Waals surface area contributed by atoms with Gasteiger partial charge in [-0.1, -0.05) is 29.3 Å². The molecule has 0 fully saturated rings. The number of fused-ring (bicyclic) bond motifs is 1. The summed E-state index contributed by atoms with van der Waals surface area (Å²) >= 11 is 6.06. The van der Waals surface area contributed by atoms with E-state index >= 15 is 0 Å². The topological polar surface area (TPSA) is 135 Å². The van der Waals surface area contributed by atoms with Gasteiger partial charge in [0.1, 0.15) is 17.3 Å². The third-order valence-corrected chi connectivity index (χ3v) is 6.94. The molecular formula is C22H20ClNO9S. The third-order valence-electron chi connectivity index (χ3n) is 4.92. The fraction of sp³-hybridized carbons (Fsp3) is 0.273. The largest absolute Gasteiger partial charge is 0.491 e. The number of hydrogen-bond acceptors (Lipinski definition) is 9. The first-order valence-electron chi connectivity index (χ1n) is 9.81. The van der Waals surface area contributed by atoms with Crippen LogP contribution in [0.4, 0.5) is 0 Å². The highest BCUT2D eigenvalue weighted by Gasteiger charge is 2.42. The summed E-state index contributed by atoms with van der Waals surface area (Å²) in [6.07, 6.45) is -0.412. The zero-order valence-electron chi connectivity index (χ0n) is 18.6. The van der Waals surface area contributed by atoms with E-state index in [1.165, 1.54) is 12.1 Å². The van der Waals surface area contributed by atoms with Crippen molar-refractivity contribution in [1.29, 1.82) is 0 Å². The van der Waals surface area contributed by atoms with Gasteiger partial charge in [0.05, 0.1) is 17.6 Å². The maximum absolute atomic E-state index is 13.5. The molecule has 0 saturated heterocycles. The van der Waals surface area contributed by atoms with E-state index < -0.39 is 68.3 Å². The maximum atomic E-state index is 13.5. The smallest absolute Gasteiger partial charge is 0.303 e. The number of aromatic nitrogens is 1. The lowest BCUT2D eigenvalue weighted by molar-refractivity contribution is -0.156. The molecule has 180 valence electrons. The van der Waals surface area contributed by atoms with Gasteiger partial charge in [-0.05, 0) is 19.1 Å². The average Bonchev–Trinajstić information content (AvgIpc) is 3.17. The number of Topliss-reactive ketones (excluding diaryl/α,β-unsaturated/α-hetero) is 2. The Balaban J connectivity index is 2.33. The van der Waals surface area contributed by atoms with Crippen molar-refractivity contribution in [3.63, 3.8) is 0 Å². The van der Waals surface area contributed by atoms with Crippen LogP contribution in [0.5, 0.6) is 0 Å². The normalized spacial score (nSPS) is 14.5. The Morgan fingerprint density at radius 2 is 1.68 bits per heavy atom. The molecule has 0 radical (unpaired) electrons. The van der Waals surface area contributed by atoms with E-state index in [1.54, 1.807) is 19.1 Å². The highest BCUT2D eigenvalue weighted by Crippen LogP contribution is 2.37. The fourth-order valence-corrected chi connectivity index (χ4v) is 5.03. The lowest BCUT2D eigenvalue weighted by Crippen LogP contribution is -2.27. The van der Waals surface area contributed by atoms with Crippen LogP contribution in [0.2, 0.25) is 0 Å². The van der Waals surface area contributed by atoms with E-state index in [-0.39, 0.29) is 10.5 Å². The molecule has 10 nitrogen and oxygen atoms in total. The summed E-state index contributed by atoms with van der Waals surface area (Å²) in [7, 11) is -3.29. The second-order valence-electron chi connectivity index (χ2n) is 7.33. The van der Waals surface area contributed by atoms with Crippen molar-refractivity contribution in [1.82, 2.24) is 3.97 Å². The van der Waals surface area contributed by atoms with Crippen LogP contribution in [0.25, 0.3) is 0 Å². The molecule has 34 heavy (non-hydrogen) atoms. The molecule has 0 bridgehead atoms. The number of allylic oxidation sites excluding steroid dienone is 2. The van der Waals surface area contributed by atoms with Crippen molar-refractivity contribution >= 4 is 45.1 Å². The van der Waals surface area contributed by atoms with Crippen LogP contribution in [0.3, 0.4) is 0 Å². The van der Waals surface area contributed by atoms with Crippen LogP contribution in [0, 0.1) is 6.92 Å². The molecule has 3 rings (SSSR count). The lowest BCUT2D eigenvalue weighted by atomic mass is 9.94. The minimum atomic E-state index is -4.40. The van der Waals surface area contributed by atoms with Gasteiger partial charge in [-0.25, -0.2) is 12.4 Å². The molecule has 1 aromatic carbocycles. The molecular weight excluding hydrogens is 490 g/mol. The van der Waals surface area contributed by atoms with Crippen LogP contribution < -0.4 is 0 Å². The van der Waals surface area contributed by atoms with Gasteiger partial charge in [-0.2, -0.15) is 0 Å². The number of halogens is 1. The van der Waals surface area contributed by atoms with Gasteiger partial charge >= 0.3 is 11.9 Å². The number of aryl methyl sites for hydroxylation is 1. The first-order chi connectivity index (χ1) is 15.9. The van der Waals surface area contributed by atoms with Crippen LogP contribution in [0.1, 0.15) is 51.9 Å². The van der Waals surface area contributed by atoms with E-state index in [4.69, 9.17) is 25.8 Å². The minimum Gasteiger partial charge on any atom is -0.491 e. The van der Waals surface area contributed by atoms with E-state index in [1.807, 2.05) is 0 Å². The van der Waals surface area contributed by atoms with Crippen molar-refractivity contribution in [3.05, 3.63) is 63.6 Å². The number of benzene rings is 1. The minimum absolute atomic E-state index is 0.161. The number of carbonyl (C=O) groups excluding carboxylic acids is 4. The third kappa shape index (κ3) is 4.48. The Morgan fingerprint density at radius 3 is 2.21 bits per heavy atom. The van der Waals surface area contributed by atoms with Gasteiger partial charge in [0.2, 0.25) is 11.6 Å². The molecule has 12 heteroatoms. The Hall–Kier alpha value is -3.44. The number of esters is 2. The van der Waals surface area contributed by atoms with Gasteiger partial charge in [0.25, 0.3) is 10.0 Å². The first-order valence-corrected chi connectivity index (χ1v) is 11.6. The van der Waals surface area contributed by atoms with E-state index in [9.17, 15) is 27.6 Å². The number of methoxy groups -OCH3 is 1. The Morgan fingerprint density at radius 1 is 1.06 bits per heavy atom. The summed E-state index contributed by atoms with van der Waals surface area (Å²) < 4.78 is 42.7. The summed E-state index contributed by atoms with van der Waals surface area (Å²) in [5, 5.41) is -0.569. The number of rotatable bonds is 7. The Labute approximate surface area is 200 Å². The molecule has 1 atom stereocenters. The second-order valence-corrected chi connectivity index (χ2v) is 9.52. The number of carbonyl (C=O) groups is 4. The summed E-state index contributed by atoms with van der Waals surface area (Å²) in [5.41, 5.74) is -0.311.